The van der Waals surface area contributed by atoms with Crippen molar-refractivity contribution in [3.05, 3.63) is 35.4 Å². The Balaban J connectivity index is 2.55. The molecule has 2 atom stereocenters. The molecule has 0 bridgehead atoms. The van der Waals surface area contributed by atoms with Crippen LogP contribution in [0.25, 0.3) is 0 Å². The molecule has 1 aliphatic rings. The van der Waals surface area contributed by atoms with Crippen LogP contribution >= 0.6 is 0 Å². The normalized spacial score (nSPS) is 18.9. The smallest absolute Gasteiger partial charge is 0.400 e. The van der Waals surface area contributed by atoms with Gasteiger partial charge in [0.2, 0.25) is 11.5 Å². The summed E-state index contributed by atoms with van der Waals surface area (Å²) in [5.41, 5.74) is -1.49. The highest BCUT2D eigenvalue weighted by molar-refractivity contribution is 6.10. The second-order valence-electron chi connectivity index (χ2n) is 8.39. The third kappa shape index (κ3) is 5.66. The van der Waals surface area contributed by atoms with Gasteiger partial charge in [0, 0.05) is 46.2 Å². The molecule has 42 heavy (non-hydrogen) atoms. The molecule has 0 fully saturated rings. The zero-order valence-corrected chi connectivity index (χ0v) is 22.4. The fourth-order valence-electron chi connectivity index (χ4n) is 3.73. The fraction of sp³-hybridized carbons (Fsp3) is 0.280. The highest BCUT2D eigenvalue weighted by Gasteiger charge is 2.74. The summed E-state index contributed by atoms with van der Waals surface area (Å²) in [6.45, 7) is 4.20. The Labute approximate surface area is 234 Å². The van der Waals surface area contributed by atoms with Gasteiger partial charge in [-0.1, -0.05) is 0 Å². The van der Waals surface area contributed by atoms with Crippen LogP contribution in [0.15, 0.2) is 24.3 Å². The molecule has 0 aromatic heterocycles. The molecule has 17 heteroatoms. The van der Waals surface area contributed by atoms with Crippen molar-refractivity contribution in [2.45, 2.75) is 46.2 Å². The zero-order valence-electron chi connectivity index (χ0n) is 22.4. The van der Waals surface area contributed by atoms with Crippen molar-refractivity contribution < 1.29 is 82.6 Å². The minimum Gasteiger partial charge on any atom is -0.504 e. The van der Waals surface area contributed by atoms with Gasteiger partial charge in [-0.3, -0.25) is 33.8 Å². The number of ketones is 1. The van der Waals surface area contributed by atoms with E-state index in [2.05, 4.69) is 9.78 Å². The van der Waals surface area contributed by atoms with E-state index in [9.17, 15) is 44.1 Å². The van der Waals surface area contributed by atoms with E-state index in [-0.39, 0.29) is 0 Å². The summed E-state index contributed by atoms with van der Waals surface area (Å²) >= 11 is 0. The zero-order chi connectivity index (χ0) is 31.6. The van der Waals surface area contributed by atoms with Crippen molar-refractivity contribution in [1.82, 2.24) is 0 Å². The molecule has 0 radical (unpaired) electrons. The third-order valence-electron chi connectivity index (χ3n) is 5.09. The molecule has 3 N–H and O–H groups in total. The van der Waals surface area contributed by atoms with Crippen LogP contribution in [0.5, 0.6) is 34.5 Å². The largest absolute Gasteiger partial charge is 0.504 e. The molecule has 17 nitrogen and oxygen atoms in total. The van der Waals surface area contributed by atoms with E-state index >= 15 is 0 Å². The minimum absolute atomic E-state index is 0.564. The summed E-state index contributed by atoms with van der Waals surface area (Å²) in [7, 11) is 0. The number of rotatable bonds is 8. The maximum absolute atomic E-state index is 14.4. The van der Waals surface area contributed by atoms with Gasteiger partial charge < -0.3 is 34.3 Å². The number of Topliss-reactive ketones (excluding diaryl/α,β-unsaturated/α-hetero) is 1. The molecule has 0 saturated carbocycles. The lowest BCUT2D eigenvalue weighted by Gasteiger charge is -2.46. The first-order valence-corrected chi connectivity index (χ1v) is 11.5. The number of esters is 3. The minimum atomic E-state index is -3.51. The molecule has 1 aliphatic heterocycles. The number of phenols is 3. The van der Waals surface area contributed by atoms with Gasteiger partial charge >= 0.3 is 41.4 Å². The number of carbonyl (C=O) groups is 6. The lowest BCUT2D eigenvalue weighted by atomic mass is 9.85. The lowest BCUT2D eigenvalue weighted by Crippen LogP contribution is -2.67. The monoisotopic (exact) mass is 594 g/mol. The molecule has 2 unspecified atom stereocenters. The maximum atomic E-state index is 14.4. The number of carbonyl (C=O) groups excluding carboxylic acids is 6. The van der Waals surface area contributed by atoms with E-state index < -0.39 is 92.8 Å². The number of fused-ring (bicyclic) bond motifs is 1. The van der Waals surface area contributed by atoms with Crippen LogP contribution in [0.3, 0.4) is 0 Å². The number of benzene rings is 2. The fourth-order valence-corrected chi connectivity index (χ4v) is 3.73. The van der Waals surface area contributed by atoms with E-state index in [4.69, 9.17) is 28.7 Å². The van der Waals surface area contributed by atoms with Crippen molar-refractivity contribution >= 4 is 35.6 Å². The van der Waals surface area contributed by atoms with Crippen molar-refractivity contribution in [3.63, 3.8) is 0 Å². The summed E-state index contributed by atoms with van der Waals surface area (Å²) in [6, 6.07) is 3.19. The average Bonchev–Trinajstić information content (AvgIpc) is 2.86. The summed E-state index contributed by atoms with van der Waals surface area (Å²) in [5, 5.41) is 30.7. The summed E-state index contributed by atoms with van der Waals surface area (Å²) < 4.78 is 21.3. The Morgan fingerprint density at radius 1 is 0.714 bits per heavy atom. The summed E-state index contributed by atoms with van der Waals surface area (Å²) in [5.74, 6) is -19.4. The predicted octanol–water partition coefficient (Wildman–Crippen LogP) is 1.33. The van der Waals surface area contributed by atoms with Gasteiger partial charge in [-0.2, -0.15) is 0 Å². The quantitative estimate of drug-likeness (QED) is 0.0975. The van der Waals surface area contributed by atoms with E-state index in [1.807, 2.05) is 0 Å². The molecule has 0 amide bonds. The van der Waals surface area contributed by atoms with Crippen LogP contribution in [0.2, 0.25) is 0 Å². The van der Waals surface area contributed by atoms with Gasteiger partial charge in [-0.25, -0.2) is 9.59 Å². The van der Waals surface area contributed by atoms with Gasteiger partial charge in [0.05, 0.1) is 0 Å². The molecule has 0 aliphatic carbocycles. The van der Waals surface area contributed by atoms with Gasteiger partial charge in [0.15, 0.2) is 17.2 Å². The first-order valence-electron chi connectivity index (χ1n) is 11.5. The molecule has 0 saturated heterocycles. The van der Waals surface area contributed by atoms with Crippen LogP contribution in [0.1, 0.15) is 50.5 Å². The molecular formula is C25H22O17. The topological polar surface area (TPSA) is 237 Å². The highest BCUT2D eigenvalue weighted by Crippen LogP contribution is 2.56. The molecule has 2 aromatic rings. The standard InChI is InChI=1S/C25H22O17/c1-10(26)35-21-18(33)9-19-20(22(21)41-39-13(4)29)23(34)25(37-12(3)28,42-40-14(5)30)24(38-19,36-11(2)27)15-6-7-16(31)17(32)8-15/h6-9,31-33H,1-5H3. The lowest BCUT2D eigenvalue weighted by molar-refractivity contribution is -0.443. The number of ether oxygens (including phenoxy) is 4. The second-order valence-corrected chi connectivity index (χ2v) is 8.39. The molecule has 0 spiro atoms. The predicted molar refractivity (Wildman–Crippen MR) is 127 cm³/mol. The highest BCUT2D eigenvalue weighted by atomic mass is 17.2. The Morgan fingerprint density at radius 2 is 1.33 bits per heavy atom. The number of hydrogen-bond donors (Lipinski definition) is 3. The van der Waals surface area contributed by atoms with Crippen LogP contribution in [-0.4, -0.2) is 56.7 Å². The first kappa shape index (κ1) is 31.0. The summed E-state index contributed by atoms with van der Waals surface area (Å²) in [4.78, 5) is 93.3. The summed E-state index contributed by atoms with van der Waals surface area (Å²) in [6.07, 6.45) is 0. The molecular weight excluding hydrogens is 572 g/mol. The van der Waals surface area contributed by atoms with Gasteiger partial charge in [-0.15, -0.1) is 4.89 Å². The van der Waals surface area contributed by atoms with Gasteiger partial charge in [-0.05, 0) is 18.2 Å². The third-order valence-corrected chi connectivity index (χ3v) is 5.09. The average molecular weight is 594 g/mol. The molecule has 1 heterocycles. The second kappa shape index (κ2) is 11.5. The van der Waals surface area contributed by atoms with Crippen molar-refractivity contribution in [3.8, 4) is 34.5 Å². The Morgan fingerprint density at radius 3 is 1.86 bits per heavy atom. The Bertz CT molecular complexity index is 1490. The van der Waals surface area contributed by atoms with Gasteiger partial charge in [0.1, 0.15) is 11.3 Å². The number of phenolic OH excluding ortho intramolecular Hbond substituents is 3. The van der Waals surface area contributed by atoms with E-state index in [0.29, 0.717) is 6.07 Å². The number of hydrogen-bond acceptors (Lipinski definition) is 17. The SMILES string of the molecule is CC(=O)OOc1c(OC(C)=O)c(O)cc2c1C(=O)C(OOC(C)=O)(OC(C)=O)C(OC(C)=O)(c1ccc(O)c(O)c1)O2. The van der Waals surface area contributed by atoms with E-state index in [1.54, 1.807) is 0 Å². The Kier molecular flexibility index (Phi) is 8.47. The Hall–Kier alpha value is -5.58. The first-order chi connectivity index (χ1) is 19.5. The maximum Gasteiger partial charge on any atom is 0.400 e. The molecule has 224 valence electrons. The van der Waals surface area contributed by atoms with Crippen LogP contribution in [0, 0.1) is 0 Å². The number of aromatic hydroxyl groups is 3. The van der Waals surface area contributed by atoms with Crippen LogP contribution in [-0.2, 0) is 53.9 Å². The van der Waals surface area contributed by atoms with Gasteiger partial charge in [0.25, 0.3) is 5.78 Å². The van der Waals surface area contributed by atoms with E-state index in [1.165, 1.54) is 0 Å². The molecule has 2 aromatic carbocycles. The van der Waals surface area contributed by atoms with Crippen molar-refractivity contribution in [2.75, 3.05) is 0 Å². The van der Waals surface area contributed by atoms with E-state index in [0.717, 1.165) is 52.8 Å². The van der Waals surface area contributed by atoms with Crippen molar-refractivity contribution in [2.24, 2.45) is 0 Å². The van der Waals surface area contributed by atoms with Crippen LogP contribution in [0.4, 0.5) is 0 Å². The van der Waals surface area contributed by atoms with Crippen LogP contribution < -0.4 is 14.4 Å². The molecule has 3 rings (SSSR count). The van der Waals surface area contributed by atoms with Crippen molar-refractivity contribution in [1.29, 1.82) is 0 Å².